The van der Waals surface area contributed by atoms with Crippen molar-refractivity contribution in [1.29, 1.82) is 0 Å². The molecule has 1 N–H and O–H groups in total. The van der Waals surface area contributed by atoms with Gasteiger partial charge in [0.1, 0.15) is 0 Å². The second-order valence-corrected chi connectivity index (χ2v) is 6.53. The van der Waals surface area contributed by atoms with Crippen molar-refractivity contribution in [3.05, 3.63) is 69.2 Å². The van der Waals surface area contributed by atoms with E-state index in [1.165, 1.54) is 0 Å². The van der Waals surface area contributed by atoms with Crippen molar-refractivity contribution in [1.82, 2.24) is 5.32 Å². The van der Waals surface area contributed by atoms with Crippen LogP contribution in [0.1, 0.15) is 20.7 Å². The molecule has 0 aromatic heterocycles. The van der Waals surface area contributed by atoms with Crippen molar-refractivity contribution in [2.45, 2.75) is 4.83 Å². The van der Waals surface area contributed by atoms with Gasteiger partial charge in [-0.15, -0.1) is 0 Å². The number of hydrogen-bond donors (Lipinski definition) is 1. The molecule has 0 bridgehead atoms. The maximum Gasteiger partial charge on any atom is 0.252 e. The average molecular weight is 418 g/mol. The molecule has 0 saturated carbocycles. The van der Waals surface area contributed by atoms with Crippen LogP contribution in [0.5, 0.6) is 0 Å². The number of alkyl halides is 1. The molecule has 0 aliphatic rings. The minimum absolute atomic E-state index is 0.0681. The topological polar surface area (TPSA) is 29.1 Å². The minimum atomic E-state index is -0.184. The molecule has 2 aromatic rings. The third-order valence-corrected chi connectivity index (χ3v) is 4.95. The number of rotatable bonds is 4. The van der Waals surface area contributed by atoms with E-state index in [2.05, 4.69) is 37.2 Å². The third-order valence-electron chi connectivity index (χ3n) is 2.80. The van der Waals surface area contributed by atoms with Crippen LogP contribution in [0.15, 0.2) is 53.0 Å². The van der Waals surface area contributed by atoms with Gasteiger partial charge in [0.05, 0.1) is 15.4 Å². The highest BCUT2D eigenvalue weighted by Crippen LogP contribution is 2.26. The Morgan fingerprint density at radius 2 is 1.85 bits per heavy atom. The summed E-state index contributed by atoms with van der Waals surface area (Å²) in [5.74, 6) is -0.184. The Balaban J connectivity index is 2.01. The zero-order chi connectivity index (χ0) is 14.5. The second kappa shape index (κ2) is 7.25. The predicted octanol–water partition coefficient (Wildman–Crippen LogP) is 4.97. The molecule has 0 fully saturated rings. The van der Waals surface area contributed by atoms with E-state index in [0.29, 0.717) is 21.6 Å². The van der Waals surface area contributed by atoms with Gasteiger partial charge in [-0.05, 0) is 33.6 Å². The van der Waals surface area contributed by atoms with E-state index in [-0.39, 0.29) is 10.7 Å². The summed E-state index contributed by atoms with van der Waals surface area (Å²) in [5, 5.41) is 3.30. The van der Waals surface area contributed by atoms with Crippen molar-refractivity contribution in [2.24, 2.45) is 0 Å². The molecule has 0 radical (unpaired) electrons. The van der Waals surface area contributed by atoms with Gasteiger partial charge >= 0.3 is 0 Å². The quantitative estimate of drug-likeness (QED) is 0.700. The smallest absolute Gasteiger partial charge is 0.252 e. The van der Waals surface area contributed by atoms with Gasteiger partial charge < -0.3 is 5.32 Å². The second-order valence-electron chi connectivity index (χ2n) is 4.19. The van der Waals surface area contributed by atoms with Crippen molar-refractivity contribution >= 4 is 49.4 Å². The molecule has 0 heterocycles. The van der Waals surface area contributed by atoms with Crippen LogP contribution >= 0.6 is 43.5 Å². The molecule has 2 aromatic carbocycles. The van der Waals surface area contributed by atoms with E-state index in [4.69, 9.17) is 11.6 Å². The fraction of sp³-hybridized carbons (Fsp3) is 0.133. The van der Waals surface area contributed by atoms with Crippen molar-refractivity contribution < 1.29 is 4.79 Å². The van der Waals surface area contributed by atoms with Crippen LogP contribution < -0.4 is 5.32 Å². The van der Waals surface area contributed by atoms with Crippen molar-refractivity contribution in [2.75, 3.05) is 6.54 Å². The predicted molar refractivity (Wildman–Crippen MR) is 89.6 cm³/mol. The van der Waals surface area contributed by atoms with Crippen LogP contribution in [-0.2, 0) is 0 Å². The van der Waals surface area contributed by atoms with Gasteiger partial charge in [-0.2, -0.15) is 0 Å². The van der Waals surface area contributed by atoms with Gasteiger partial charge in [0.15, 0.2) is 0 Å². The molecule has 0 aliphatic heterocycles. The molecule has 1 atom stereocenters. The van der Waals surface area contributed by atoms with Crippen LogP contribution in [0, 0.1) is 0 Å². The Labute approximate surface area is 139 Å². The number of carbonyl (C=O) groups is 1. The summed E-state index contributed by atoms with van der Waals surface area (Å²) < 4.78 is 0.713. The van der Waals surface area contributed by atoms with Gasteiger partial charge in [0.25, 0.3) is 5.91 Å². The fourth-order valence-electron chi connectivity index (χ4n) is 1.74. The first-order valence-electron chi connectivity index (χ1n) is 6.01. The zero-order valence-corrected chi connectivity index (χ0v) is 14.4. The van der Waals surface area contributed by atoms with E-state index < -0.39 is 0 Å². The van der Waals surface area contributed by atoms with Crippen molar-refractivity contribution in [3.8, 4) is 0 Å². The summed E-state index contributed by atoms with van der Waals surface area (Å²) in [5.41, 5.74) is 1.59. The van der Waals surface area contributed by atoms with Gasteiger partial charge in [0, 0.05) is 11.0 Å². The number of carbonyl (C=O) groups excluding carboxylic acids is 1. The molecule has 0 saturated heterocycles. The third kappa shape index (κ3) is 3.84. The van der Waals surface area contributed by atoms with Crippen LogP contribution in [-0.4, -0.2) is 12.5 Å². The molecule has 0 aliphatic carbocycles. The molecule has 20 heavy (non-hydrogen) atoms. The zero-order valence-electron chi connectivity index (χ0n) is 10.4. The first-order chi connectivity index (χ1) is 9.59. The Morgan fingerprint density at radius 3 is 2.55 bits per heavy atom. The highest BCUT2D eigenvalue weighted by molar-refractivity contribution is 9.10. The fourth-order valence-corrected chi connectivity index (χ4v) is 2.78. The first kappa shape index (κ1) is 15.5. The Morgan fingerprint density at radius 1 is 1.15 bits per heavy atom. The molecule has 104 valence electrons. The molecular weight excluding hydrogens is 405 g/mol. The van der Waals surface area contributed by atoms with E-state index in [0.717, 1.165) is 5.56 Å². The van der Waals surface area contributed by atoms with Crippen LogP contribution in [0.25, 0.3) is 0 Å². The Hall–Kier alpha value is -0.840. The highest BCUT2D eigenvalue weighted by atomic mass is 79.9. The molecule has 1 amide bonds. The number of benzene rings is 2. The molecule has 2 rings (SSSR count). The lowest BCUT2D eigenvalue weighted by Gasteiger charge is -2.12. The standard InChI is InChI=1S/C15H12Br2ClNO/c16-12-8-4-7-11(14(12)18)15(20)19-9-13(17)10-5-2-1-3-6-10/h1-8,13H,9H2,(H,19,20). The van der Waals surface area contributed by atoms with Crippen molar-refractivity contribution in [3.63, 3.8) is 0 Å². The van der Waals surface area contributed by atoms with Gasteiger partial charge in [0.2, 0.25) is 0 Å². The van der Waals surface area contributed by atoms with Crippen LogP contribution in [0.2, 0.25) is 5.02 Å². The summed E-state index contributed by atoms with van der Waals surface area (Å²) in [6, 6.07) is 15.2. The lowest BCUT2D eigenvalue weighted by molar-refractivity contribution is 0.0954. The SMILES string of the molecule is O=C(NCC(Br)c1ccccc1)c1cccc(Br)c1Cl. The number of amides is 1. The average Bonchev–Trinajstić information content (AvgIpc) is 2.48. The molecule has 0 spiro atoms. The molecule has 5 heteroatoms. The minimum Gasteiger partial charge on any atom is -0.351 e. The van der Waals surface area contributed by atoms with Gasteiger partial charge in [-0.3, -0.25) is 4.79 Å². The Bertz CT molecular complexity index is 604. The normalized spacial score (nSPS) is 11.9. The number of hydrogen-bond acceptors (Lipinski definition) is 1. The van der Waals surface area contributed by atoms with E-state index in [1.54, 1.807) is 18.2 Å². The van der Waals surface area contributed by atoms with E-state index in [1.807, 2.05) is 30.3 Å². The van der Waals surface area contributed by atoms with Gasteiger partial charge in [-0.25, -0.2) is 0 Å². The summed E-state index contributed by atoms with van der Waals surface area (Å²) in [7, 11) is 0. The summed E-state index contributed by atoms with van der Waals surface area (Å²) in [6.07, 6.45) is 0. The molecule has 1 unspecified atom stereocenters. The summed E-state index contributed by atoms with van der Waals surface area (Å²) in [4.78, 5) is 12.2. The highest BCUT2D eigenvalue weighted by Gasteiger charge is 2.14. The van der Waals surface area contributed by atoms with E-state index in [9.17, 15) is 4.79 Å². The van der Waals surface area contributed by atoms with Crippen LogP contribution in [0.3, 0.4) is 0 Å². The molecular formula is C15H12Br2ClNO. The van der Waals surface area contributed by atoms with E-state index >= 15 is 0 Å². The lowest BCUT2D eigenvalue weighted by atomic mass is 10.1. The summed E-state index contributed by atoms with van der Waals surface area (Å²) in [6.45, 7) is 0.492. The van der Waals surface area contributed by atoms with Gasteiger partial charge in [-0.1, -0.05) is 63.9 Å². The number of halogens is 3. The Kier molecular flexibility index (Phi) is 5.64. The first-order valence-corrected chi connectivity index (χ1v) is 8.09. The maximum absolute atomic E-state index is 12.1. The lowest BCUT2D eigenvalue weighted by Crippen LogP contribution is -2.27. The van der Waals surface area contributed by atoms with Crippen LogP contribution in [0.4, 0.5) is 0 Å². The summed E-state index contributed by atoms with van der Waals surface area (Å²) >= 11 is 13.0. The monoisotopic (exact) mass is 415 g/mol. The largest absolute Gasteiger partial charge is 0.351 e. The molecule has 2 nitrogen and oxygen atoms in total. The maximum atomic E-state index is 12.1. The number of nitrogens with one attached hydrogen (secondary N) is 1.